The summed E-state index contributed by atoms with van der Waals surface area (Å²) in [6, 6.07) is 5.38. The minimum atomic E-state index is 0.0978. The number of hydrogen-bond donors (Lipinski definition) is 0. The van der Waals surface area contributed by atoms with E-state index in [-0.39, 0.29) is 5.92 Å². The van der Waals surface area contributed by atoms with Crippen molar-refractivity contribution in [1.29, 1.82) is 0 Å². The molecular formula is C12H12Cl2N2O2. The van der Waals surface area contributed by atoms with Crippen LogP contribution in [0, 0.1) is 0 Å². The molecule has 0 fully saturated rings. The first-order valence-corrected chi connectivity index (χ1v) is 6.36. The molecular weight excluding hydrogens is 275 g/mol. The molecule has 4 nitrogen and oxygen atoms in total. The van der Waals surface area contributed by atoms with Crippen LogP contribution in [0.5, 0.6) is 5.88 Å². The topological polar surface area (TPSA) is 48.2 Å². The van der Waals surface area contributed by atoms with Crippen LogP contribution in [-0.2, 0) is 6.61 Å². The van der Waals surface area contributed by atoms with Crippen molar-refractivity contribution in [2.24, 2.45) is 0 Å². The molecule has 0 bridgehead atoms. The normalized spacial score (nSPS) is 12.4. The molecule has 2 aromatic rings. The lowest BCUT2D eigenvalue weighted by atomic mass is 10.1. The zero-order chi connectivity index (χ0) is 13.0. The van der Waals surface area contributed by atoms with Crippen LogP contribution < -0.4 is 4.74 Å². The lowest BCUT2D eigenvalue weighted by molar-refractivity contribution is 0.257. The van der Waals surface area contributed by atoms with Crippen molar-refractivity contribution in [3.63, 3.8) is 0 Å². The molecule has 0 spiro atoms. The number of furan rings is 1. The first kappa shape index (κ1) is 13.2. The average molecular weight is 287 g/mol. The summed E-state index contributed by atoms with van der Waals surface area (Å²) in [5, 5.41) is 8.07. The standard InChI is InChI=1S/C12H12Cl2N2O2/c1-8(6-13)10-5-11(15-16-12(10)14)18-7-9-3-2-4-17-9/h2-5,8H,6-7H2,1H3. The van der Waals surface area contributed by atoms with Gasteiger partial charge in [0.15, 0.2) is 5.15 Å². The number of aromatic nitrogens is 2. The first-order chi connectivity index (χ1) is 8.70. The second-order valence-corrected chi connectivity index (χ2v) is 4.52. The molecule has 0 N–H and O–H groups in total. The fourth-order valence-corrected chi connectivity index (χ4v) is 1.86. The molecule has 1 atom stereocenters. The van der Waals surface area contributed by atoms with Gasteiger partial charge in [-0.3, -0.25) is 0 Å². The molecule has 2 heterocycles. The molecule has 0 radical (unpaired) electrons. The Morgan fingerprint density at radius 1 is 1.44 bits per heavy atom. The molecule has 96 valence electrons. The highest BCUT2D eigenvalue weighted by Crippen LogP contribution is 2.26. The van der Waals surface area contributed by atoms with Gasteiger partial charge in [0.1, 0.15) is 12.4 Å². The Kier molecular flexibility index (Phi) is 4.44. The van der Waals surface area contributed by atoms with Crippen molar-refractivity contribution in [2.75, 3.05) is 5.88 Å². The number of halogens is 2. The van der Waals surface area contributed by atoms with Crippen LogP contribution in [0.2, 0.25) is 5.15 Å². The van der Waals surface area contributed by atoms with Gasteiger partial charge < -0.3 is 9.15 Å². The number of ether oxygens (including phenoxy) is 1. The molecule has 0 aliphatic carbocycles. The smallest absolute Gasteiger partial charge is 0.234 e. The highest BCUT2D eigenvalue weighted by atomic mass is 35.5. The summed E-state index contributed by atoms with van der Waals surface area (Å²) in [4.78, 5) is 0. The second kappa shape index (κ2) is 6.07. The summed E-state index contributed by atoms with van der Waals surface area (Å²) >= 11 is 11.8. The van der Waals surface area contributed by atoms with Crippen molar-refractivity contribution in [1.82, 2.24) is 10.2 Å². The summed E-state index contributed by atoms with van der Waals surface area (Å²) < 4.78 is 10.6. The molecule has 6 heteroatoms. The van der Waals surface area contributed by atoms with Gasteiger partial charge in [-0.1, -0.05) is 18.5 Å². The lowest BCUT2D eigenvalue weighted by Gasteiger charge is -2.10. The summed E-state index contributed by atoms with van der Waals surface area (Å²) in [6.45, 7) is 2.27. The molecule has 0 amide bonds. The molecule has 1 unspecified atom stereocenters. The van der Waals surface area contributed by atoms with Crippen molar-refractivity contribution in [3.8, 4) is 5.88 Å². The van der Waals surface area contributed by atoms with E-state index >= 15 is 0 Å². The number of alkyl halides is 1. The molecule has 0 saturated heterocycles. The highest BCUT2D eigenvalue weighted by molar-refractivity contribution is 6.30. The van der Waals surface area contributed by atoms with E-state index in [2.05, 4.69) is 10.2 Å². The van der Waals surface area contributed by atoms with Gasteiger partial charge in [0.2, 0.25) is 5.88 Å². The van der Waals surface area contributed by atoms with Crippen molar-refractivity contribution < 1.29 is 9.15 Å². The van der Waals surface area contributed by atoms with E-state index in [4.69, 9.17) is 32.4 Å². The van der Waals surface area contributed by atoms with Crippen LogP contribution in [0.4, 0.5) is 0 Å². The molecule has 0 aromatic carbocycles. The Bertz CT molecular complexity index is 503. The predicted molar refractivity (Wildman–Crippen MR) is 69.2 cm³/mol. The van der Waals surface area contributed by atoms with Crippen LogP contribution >= 0.6 is 23.2 Å². The summed E-state index contributed by atoms with van der Waals surface area (Å²) in [5.74, 6) is 1.69. The van der Waals surface area contributed by atoms with Crippen molar-refractivity contribution in [2.45, 2.75) is 19.4 Å². The van der Waals surface area contributed by atoms with Gasteiger partial charge in [-0.05, 0) is 18.1 Å². The Morgan fingerprint density at radius 2 is 2.28 bits per heavy atom. The van der Waals surface area contributed by atoms with E-state index in [1.54, 1.807) is 18.4 Å². The fraction of sp³-hybridized carbons (Fsp3) is 0.333. The van der Waals surface area contributed by atoms with Crippen LogP contribution in [0.3, 0.4) is 0 Å². The number of hydrogen-bond acceptors (Lipinski definition) is 4. The molecule has 0 aliphatic rings. The monoisotopic (exact) mass is 286 g/mol. The largest absolute Gasteiger partial charge is 0.468 e. The lowest BCUT2D eigenvalue weighted by Crippen LogP contribution is -2.03. The number of rotatable bonds is 5. The Morgan fingerprint density at radius 3 is 2.94 bits per heavy atom. The highest BCUT2D eigenvalue weighted by Gasteiger charge is 2.12. The van der Waals surface area contributed by atoms with E-state index in [9.17, 15) is 0 Å². The summed E-state index contributed by atoms with van der Waals surface area (Å²) in [6.07, 6.45) is 1.59. The van der Waals surface area contributed by atoms with Crippen LogP contribution in [0.1, 0.15) is 24.2 Å². The molecule has 2 rings (SSSR count). The SMILES string of the molecule is CC(CCl)c1cc(OCc2ccco2)nnc1Cl. The predicted octanol–water partition coefficient (Wildman–Crippen LogP) is 3.64. The maximum absolute atomic E-state index is 5.96. The van der Waals surface area contributed by atoms with Gasteiger partial charge in [0.25, 0.3) is 0 Å². The van der Waals surface area contributed by atoms with Crippen LogP contribution in [0.15, 0.2) is 28.9 Å². The third-order valence-electron chi connectivity index (χ3n) is 2.46. The van der Waals surface area contributed by atoms with Gasteiger partial charge in [-0.2, -0.15) is 0 Å². The minimum Gasteiger partial charge on any atom is -0.468 e. The van der Waals surface area contributed by atoms with E-state index < -0.39 is 0 Å². The first-order valence-electron chi connectivity index (χ1n) is 5.45. The van der Waals surface area contributed by atoms with Crippen LogP contribution in [-0.4, -0.2) is 16.1 Å². The van der Waals surface area contributed by atoms with Crippen LogP contribution in [0.25, 0.3) is 0 Å². The number of nitrogens with zero attached hydrogens (tertiary/aromatic N) is 2. The van der Waals surface area contributed by atoms with E-state index in [0.717, 1.165) is 11.3 Å². The molecule has 0 aliphatic heterocycles. The molecule has 18 heavy (non-hydrogen) atoms. The van der Waals surface area contributed by atoms with E-state index in [1.165, 1.54) is 0 Å². The van der Waals surface area contributed by atoms with Gasteiger partial charge in [0, 0.05) is 17.5 Å². The zero-order valence-corrected chi connectivity index (χ0v) is 11.3. The van der Waals surface area contributed by atoms with Gasteiger partial charge in [0.05, 0.1) is 6.26 Å². The maximum Gasteiger partial charge on any atom is 0.234 e. The van der Waals surface area contributed by atoms with Crippen molar-refractivity contribution in [3.05, 3.63) is 40.9 Å². The minimum absolute atomic E-state index is 0.0978. The Labute approximate surface area is 115 Å². The van der Waals surface area contributed by atoms with Gasteiger partial charge >= 0.3 is 0 Å². The molecule has 0 saturated carbocycles. The third kappa shape index (κ3) is 3.15. The third-order valence-corrected chi connectivity index (χ3v) is 3.22. The fourth-order valence-electron chi connectivity index (χ4n) is 1.41. The second-order valence-electron chi connectivity index (χ2n) is 3.85. The van der Waals surface area contributed by atoms with Gasteiger partial charge in [-0.15, -0.1) is 21.8 Å². The Hall–Kier alpha value is -1.26. The maximum atomic E-state index is 5.96. The Balaban J connectivity index is 2.09. The molecule has 2 aromatic heterocycles. The summed E-state index contributed by atoms with van der Waals surface area (Å²) in [7, 11) is 0. The van der Waals surface area contributed by atoms with Crippen molar-refractivity contribution >= 4 is 23.2 Å². The summed E-state index contributed by atoms with van der Waals surface area (Å²) in [5.41, 5.74) is 0.830. The quantitative estimate of drug-likeness (QED) is 0.788. The average Bonchev–Trinajstić information content (AvgIpc) is 2.90. The van der Waals surface area contributed by atoms with E-state index in [1.807, 2.05) is 13.0 Å². The van der Waals surface area contributed by atoms with E-state index in [0.29, 0.717) is 23.5 Å². The zero-order valence-electron chi connectivity index (χ0n) is 9.77. The van der Waals surface area contributed by atoms with Gasteiger partial charge in [-0.25, -0.2) is 0 Å².